The van der Waals surface area contributed by atoms with Crippen LogP contribution in [0.4, 0.5) is 5.69 Å². The fraction of sp³-hybridized carbons (Fsp3) is 0.231. The molecule has 0 spiro atoms. The van der Waals surface area contributed by atoms with Gasteiger partial charge in [0.25, 0.3) is 5.91 Å². The highest BCUT2D eigenvalue weighted by Crippen LogP contribution is 2.22. The molecular formula is C13H13ClN2OS. The van der Waals surface area contributed by atoms with E-state index in [1.165, 1.54) is 11.3 Å². The van der Waals surface area contributed by atoms with Crippen LogP contribution in [0.3, 0.4) is 0 Å². The quantitative estimate of drug-likeness (QED) is 0.904. The molecule has 0 bridgehead atoms. The summed E-state index contributed by atoms with van der Waals surface area (Å²) in [6.45, 7) is 5.70. The van der Waals surface area contributed by atoms with Gasteiger partial charge < -0.3 is 5.32 Å². The summed E-state index contributed by atoms with van der Waals surface area (Å²) in [7, 11) is 0. The van der Waals surface area contributed by atoms with Crippen molar-refractivity contribution in [2.45, 2.75) is 20.8 Å². The Hall–Kier alpha value is -1.39. The highest BCUT2D eigenvalue weighted by atomic mass is 35.5. The normalized spacial score (nSPS) is 10.4. The molecule has 1 aromatic heterocycles. The highest BCUT2D eigenvalue weighted by molar-refractivity contribution is 7.11. The Balaban J connectivity index is 2.21. The predicted molar refractivity (Wildman–Crippen MR) is 75.7 cm³/mol. The SMILES string of the molecule is Cc1nc(C(=O)Nc2ccc(C)c(Cl)c2)c(C)s1. The van der Waals surface area contributed by atoms with Gasteiger partial charge in [-0.15, -0.1) is 11.3 Å². The van der Waals surface area contributed by atoms with Crippen molar-refractivity contribution in [3.05, 3.63) is 44.4 Å². The molecule has 3 nitrogen and oxygen atoms in total. The molecule has 0 radical (unpaired) electrons. The van der Waals surface area contributed by atoms with Crippen molar-refractivity contribution in [2.24, 2.45) is 0 Å². The third kappa shape index (κ3) is 2.71. The van der Waals surface area contributed by atoms with Gasteiger partial charge in [-0.05, 0) is 38.5 Å². The van der Waals surface area contributed by atoms with Crippen LogP contribution in [0, 0.1) is 20.8 Å². The molecule has 0 fully saturated rings. The second-order valence-electron chi connectivity index (χ2n) is 4.06. The van der Waals surface area contributed by atoms with Crippen molar-refractivity contribution in [3.8, 4) is 0 Å². The zero-order valence-corrected chi connectivity index (χ0v) is 11.9. The molecular weight excluding hydrogens is 268 g/mol. The molecule has 94 valence electrons. The fourth-order valence-corrected chi connectivity index (χ4v) is 2.60. The van der Waals surface area contributed by atoms with Crippen molar-refractivity contribution in [2.75, 3.05) is 5.32 Å². The van der Waals surface area contributed by atoms with Crippen LogP contribution in [0.25, 0.3) is 0 Å². The smallest absolute Gasteiger partial charge is 0.275 e. The Morgan fingerprint density at radius 3 is 2.61 bits per heavy atom. The maximum atomic E-state index is 12.0. The number of aryl methyl sites for hydroxylation is 3. The molecule has 2 rings (SSSR count). The van der Waals surface area contributed by atoms with Crippen LogP contribution >= 0.6 is 22.9 Å². The van der Waals surface area contributed by atoms with Gasteiger partial charge in [0.1, 0.15) is 5.69 Å². The van der Waals surface area contributed by atoms with Crippen LogP contribution in [0.2, 0.25) is 5.02 Å². The molecule has 1 N–H and O–H groups in total. The minimum atomic E-state index is -0.197. The predicted octanol–water partition coefficient (Wildman–Crippen LogP) is 3.97. The number of carbonyl (C=O) groups is 1. The first-order chi connectivity index (χ1) is 8.47. The molecule has 0 aliphatic carbocycles. The number of aromatic nitrogens is 1. The number of benzene rings is 1. The first-order valence-corrected chi connectivity index (χ1v) is 6.68. The molecule has 0 saturated carbocycles. The molecule has 0 unspecified atom stereocenters. The summed E-state index contributed by atoms with van der Waals surface area (Å²) in [6.07, 6.45) is 0. The van der Waals surface area contributed by atoms with Crippen molar-refractivity contribution < 1.29 is 4.79 Å². The van der Waals surface area contributed by atoms with E-state index in [1.807, 2.05) is 32.9 Å². The van der Waals surface area contributed by atoms with Gasteiger partial charge in [0.05, 0.1) is 5.01 Å². The Kier molecular flexibility index (Phi) is 3.68. The van der Waals surface area contributed by atoms with Crippen LogP contribution < -0.4 is 5.32 Å². The second-order valence-corrected chi connectivity index (χ2v) is 5.87. The standard InChI is InChI=1S/C13H13ClN2OS/c1-7-4-5-10(6-11(7)14)16-13(17)12-8(2)18-9(3)15-12/h4-6H,1-3H3,(H,16,17). The topological polar surface area (TPSA) is 42.0 Å². The van der Waals surface area contributed by atoms with E-state index < -0.39 is 0 Å². The molecule has 5 heteroatoms. The van der Waals surface area contributed by atoms with E-state index in [9.17, 15) is 4.79 Å². The zero-order chi connectivity index (χ0) is 13.3. The van der Waals surface area contributed by atoms with Gasteiger partial charge >= 0.3 is 0 Å². The van der Waals surface area contributed by atoms with Crippen LogP contribution in [-0.4, -0.2) is 10.9 Å². The number of carbonyl (C=O) groups excluding carboxylic acids is 1. The first kappa shape index (κ1) is 13.1. The van der Waals surface area contributed by atoms with Crippen molar-refractivity contribution >= 4 is 34.5 Å². The van der Waals surface area contributed by atoms with Gasteiger partial charge in [-0.1, -0.05) is 17.7 Å². The number of rotatable bonds is 2. The number of anilines is 1. The Bertz CT molecular complexity index is 607. The molecule has 0 saturated heterocycles. The maximum absolute atomic E-state index is 12.0. The zero-order valence-electron chi connectivity index (χ0n) is 10.4. The average molecular weight is 281 g/mol. The number of amides is 1. The number of thiazole rings is 1. The number of halogens is 1. The van der Waals surface area contributed by atoms with Gasteiger partial charge in [0, 0.05) is 15.6 Å². The summed E-state index contributed by atoms with van der Waals surface area (Å²) < 4.78 is 0. The molecule has 18 heavy (non-hydrogen) atoms. The fourth-order valence-electron chi connectivity index (χ4n) is 1.60. The molecule has 1 amide bonds. The second kappa shape index (κ2) is 5.08. The Labute approximate surface area is 115 Å². The third-order valence-electron chi connectivity index (χ3n) is 2.55. The summed E-state index contributed by atoms with van der Waals surface area (Å²) >= 11 is 7.53. The lowest BCUT2D eigenvalue weighted by atomic mass is 10.2. The van der Waals surface area contributed by atoms with Crippen molar-refractivity contribution in [1.82, 2.24) is 4.98 Å². The van der Waals surface area contributed by atoms with Crippen LogP contribution in [0.15, 0.2) is 18.2 Å². The van der Waals surface area contributed by atoms with Crippen LogP contribution in [-0.2, 0) is 0 Å². The van der Waals surface area contributed by atoms with E-state index in [0.717, 1.165) is 15.4 Å². The summed E-state index contributed by atoms with van der Waals surface area (Å²) in [5.41, 5.74) is 2.14. The van der Waals surface area contributed by atoms with Crippen molar-refractivity contribution in [1.29, 1.82) is 0 Å². The number of hydrogen-bond acceptors (Lipinski definition) is 3. The maximum Gasteiger partial charge on any atom is 0.275 e. The third-order valence-corrected chi connectivity index (χ3v) is 3.84. The summed E-state index contributed by atoms with van der Waals surface area (Å²) in [6, 6.07) is 5.44. The number of hydrogen-bond donors (Lipinski definition) is 1. The molecule has 0 atom stereocenters. The van der Waals surface area contributed by atoms with E-state index >= 15 is 0 Å². The summed E-state index contributed by atoms with van der Waals surface area (Å²) in [5, 5.41) is 4.33. The lowest BCUT2D eigenvalue weighted by Crippen LogP contribution is -2.13. The molecule has 1 heterocycles. The first-order valence-electron chi connectivity index (χ1n) is 5.49. The van der Waals surface area contributed by atoms with E-state index in [1.54, 1.807) is 6.07 Å². The van der Waals surface area contributed by atoms with Gasteiger partial charge in [0.15, 0.2) is 0 Å². The summed E-state index contributed by atoms with van der Waals surface area (Å²) in [5.74, 6) is -0.197. The summed E-state index contributed by atoms with van der Waals surface area (Å²) in [4.78, 5) is 17.2. The largest absolute Gasteiger partial charge is 0.321 e. The van der Waals surface area contributed by atoms with Crippen LogP contribution in [0.1, 0.15) is 25.9 Å². The number of nitrogens with one attached hydrogen (secondary N) is 1. The van der Waals surface area contributed by atoms with E-state index in [4.69, 9.17) is 11.6 Å². The molecule has 0 aliphatic rings. The van der Waals surface area contributed by atoms with Gasteiger partial charge in [0.2, 0.25) is 0 Å². The van der Waals surface area contributed by atoms with E-state index in [-0.39, 0.29) is 5.91 Å². The Morgan fingerprint density at radius 1 is 1.33 bits per heavy atom. The van der Waals surface area contributed by atoms with Gasteiger partial charge in [-0.3, -0.25) is 4.79 Å². The molecule has 0 aliphatic heterocycles. The van der Waals surface area contributed by atoms with Gasteiger partial charge in [-0.25, -0.2) is 4.98 Å². The van der Waals surface area contributed by atoms with Gasteiger partial charge in [-0.2, -0.15) is 0 Å². The molecule has 1 aromatic carbocycles. The number of nitrogens with zero attached hydrogens (tertiary/aromatic N) is 1. The average Bonchev–Trinajstić information content (AvgIpc) is 2.63. The Morgan fingerprint density at radius 2 is 2.06 bits per heavy atom. The van der Waals surface area contributed by atoms with E-state index in [0.29, 0.717) is 16.4 Å². The van der Waals surface area contributed by atoms with Crippen LogP contribution in [0.5, 0.6) is 0 Å². The van der Waals surface area contributed by atoms with Crippen molar-refractivity contribution in [3.63, 3.8) is 0 Å². The van der Waals surface area contributed by atoms with E-state index in [2.05, 4.69) is 10.3 Å². The monoisotopic (exact) mass is 280 g/mol. The lowest BCUT2D eigenvalue weighted by Gasteiger charge is -2.05. The molecule has 2 aromatic rings. The highest BCUT2D eigenvalue weighted by Gasteiger charge is 2.14. The minimum Gasteiger partial charge on any atom is -0.321 e. The lowest BCUT2D eigenvalue weighted by molar-refractivity contribution is 0.102. The minimum absolute atomic E-state index is 0.197.